The maximum Gasteiger partial charge on any atom is 0.139 e. The Labute approximate surface area is 452 Å². The van der Waals surface area contributed by atoms with Gasteiger partial charge in [-0.05, 0) is 112 Å². The van der Waals surface area contributed by atoms with Crippen molar-refractivity contribution in [1.29, 1.82) is 0 Å². The van der Waals surface area contributed by atoms with Crippen LogP contribution in [0.15, 0.2) is 234 Å². The number of pyridine rings is 1. The molecule has 8 aromatic carbocycles. The number of hydrogen-bond donors (Lipinski definition) is 0. The molecule has 7 nitrogen and oxygen atoms in total. The predicted octanol–water partition coefficient (Wildman–Crippen LogP) is 15.1. The summed E-state index contributed by atoms with van der Waals surface area (Å²) < 4.78 is 41.3. The summed E-state index contributed by atoms with van der Waals surface area (Å²) in [6, 6.07) is 72.7. The van der Waals surface area contributed by atoms with Gasteiger partial charge in [-0.15, -0.1) is 0 Å². The average molecular weight is 1200 g/mol. The Morgan fingerprint density at radius 2 is 0.836 bits per heavy atom. The molecular formula is C61H45Br2F2IN6O. The first-order valence-corrected chi connectivity index (χ1v) is 26.5. The molecular weight excluding hydrogens is 1160 g/mol. The van der Waals surface area contributed by atoms with E-state index in [0.29, 0.717) is 27.7 Å². The molecule has 1 aliphatic rings. The molecule has 1 aliphatic heterocycles. The Hall–Kier alpha value is -6.84. The van der Waals surface area contributed by atoms with Crippen LogP contribution in [0.5, 0.6) is 0 Å². The molecule has 0 unspecified atom stereocenters. The number of ether oxygens (including phenoxy) is 1. The van der Waals surface area contributed by atoms with E-state index in [2.05, 4.69) is 143 Å². The van der Waals surface area contributed by atoms with Crippen LogP contribution in [0.4, 0.5) is 14.6 Å². The monoisotopic (exact) mass is 1200 g/mol. The molecule has 12 heteroatoms. The fourth-order valence-electron chi connectivity index (χ4n) is 10.2. The van der Waals surface area contributed by atoms with Crippen molar-refractivity contribution < 1.29 is 13.5 Å². The van der Waals surface area contributed by atoms with Gasteiger partial charge in [-0.1, -0.05) is 182 Å². The van der Waals surface area contributed by atoms with Crippen molar-refractivity contribution in [3.05, 3.63) is 282 Å². The van der Waals surface area contributed by atoms with E-state index in [0.717, 1.165) is 83.5 Å². The molecule has 12 rings (SSSR count). The van der Waals surface area contributed by atoms with Crippen LogP contribution in [0.3, 0.4) is 0 Å². The van der Waals surface area contributed by atoms with E-state index in [1.165, 1.54) is 0 Å². The second-order valence-electron chi connectivity index (χ2n) is 17.6. The van der Waals surface area contributed by atoms with Crippen LogP contribution in [0.1, 0.15) is 33.4 Å². The molecule has 0 radical (unpaired) electrons. The van der Waals surface area contributed by atoms with Gasteiger partial charge in [0.15, 0.2) is 0 Å². The highest BCUT2D eigenvalue weighted by molar-refractivity contribution is 14.1. The first-order valence-electron chi connectivity index (χ1n) is 23.8. The zero-order chi connectivity index (χ0) is 49.9. The zero-order valence-corrected chi connectivity index (χ0v) is 44.5. The molecule has 73 heavy (non-hydrogen) atoms. The second-order valence-corrected chi connectivity index (χ2v) is 20.4. The lowest BCUT2D eigenvalue weighted by Crippen LogP contribution is -2.38. The van der Waals surface area contributed by atoms with Gasteiger partial charge in [0.05, 0.1) is 33.2 Å². The van der Waals surface area contributed by atoms with Crippen LogP contribution in [-0.2, 0) is 15.8 Å². The molecule has 4 heterocycles. The normalized spacial score (nSPS) is 13.0. The number of hydrogen-bond acceptors (Lipinski definition) is 5. The SMILES string of the molecule is Fc1cc2c(cc1Br)c(-c1ccnc(N3CCOCC3)c1)nn2C(c1ccccc1)(c1ccccc1)c1ccccc1.Fc1cc2c(cc1Br)c(I)nn2C(c1ccccc1)(c1ccccc1)c1ccccc1. The number of fused-ring (bicyclic) bond motifs is 2. The molecule has 0 N–H and O–H groups in total. The minimum atomic E-state index is -0.888. The molecule has 1 saturated heterocycles. The lowest BCUT2D eigenvalue weighted by Gasteiger charge is -2.37. The Bertz CT molecular complexity index is 3480. The summed E-state index contributed by atoms with van der Waals surface area (Å²) in [5.41, 5.74) is 7.65. The molecule has 0 aliphatic carbocycles. The van der Waals surface area contributed by atoms with Crippen LogP contribution >= 0.6 is 54.5 Å². The molecule has 0 spiro atoms. The summed E-state index contributed by atoms with van der Waals surface area (Å²) in [6.45, 7) is 2.90. The van der Waals surface area contributed by atoms with E-state index in [9.17, 15) is 4.39 Å². The third-order valence-corrected chi connectivity index (χ3v) is 15.5. The fourth-order valence-corrected chi connectivity index (χ4v) is 11.6. The van der Waals surface area contributed by atoms with Gasteiger partial charge in [0.25, 0.3) is 0 Å². The van der Waals surface area contributed by atoms with Gasteiger partial charge in [-0.2, -0.15) is 10.2 Å². The predicted molar refractivity (Wildman–Crippen MR) is 303 cm³/mol. The summed E-state index contributed by atoms with van der Waals surface area (Å²) >= 11 is 9.01. The van der Waals surface area contributed by atoms with Crippen molar-refractivity contribution in [1.82, 2.24) is 24.5 Å². The molecule has 360 valence electrons. The van der Waals surface area contributed by atoms with Crippen LogP contribution in [0.2, 0.25) is 0 Å². The summed E-state index contributed by atoms with van der Waals surface area (Å²) in [5, 5.41) is 12.1. The number of nitrogens with zero attached hydrogens (tertiary/aromatic N) is 6. The molecule has 0 atom stereocenters. The van der Waals surface area contributed by atoms with Crippen LogP contribution in [-0.4, -0.2) is 50.8 Å². The summed E-state index contributed by atoms with van der Waals surface area (Å²) in [4.78, 5) is 6.89. The van der Waals surface area contributed by atoms with E-state index in [1.54, 1.807) is 12.1 Å². The maximum absolute atomic E-state index is 15.4. The molecule has 0 amide bonds. The van der Waals surface area contributed by atoms with Gasteiger partial charge in [-0.3, -0.25) is 0 Å². The summed E-state index contributed by atoms with van der Waals surface area (Å²) in [7, 11) is 0. The average Bonchev–Trinajstić information content (AvgIpc) is 3.98. The topological polar surface area (TPSA) is 61.0 Å². The molecule has 3 aromatic heterocycles. The maximum atomic E-state index is 15.4. The molecule has 0 saturated carbocycles. The third-order valence-electron chi connectivity index (χ3n) is 13.5. The lowest BCUT2D eigenvalue weighted by atomic mass is 9.77. The molecule has 1 fully saturated rings. The van der Waals surface area contributed by atoms with E-state index in [4.69, 9.17) is 14.9 Å². The van der Waals surface area contributed by atoms with Gasteiger partial charge in [0.2, 0.25) is 0 Å². The summed E-state index contributed by atoms with van der Waals surface area (Å²) in [5.74, 6) is 0.218. The first kappa shape index (κ1) is 48.4. The van der Waals surface area contributed by atoms with Crippen molar-refractivity contribution >= 4 is 82.1 Å². The van der Waals surface area contributed by atoms with Gasteiger partial charge in [-0.25, -0.2) is 23.1 Å². The van der Waals surface area contributed by atoms with Gasteiger partial charge < -0.3 is 9.64 Å². The zero-order valence-electron chi connectivity index (χ0n) is 39.2. The Kier molecular flexibility index (Phi) is 13.9. The lowest BCUT2D eigenvalue weighted by molar-refractivity contribution is 0.122. The minimum Gasteiger partial charge on any atom is -0.378 e. The van der Waals surface area contributed by atoms with Crippen LogP contribution in [0.25, 0.3) is 33.1 Å². The number of halogens is 5. The summed E-state index contributed by atoms with van der Waals surface area (Å²) in [6.07, 6.45) is 1.82. The highest BCUT2D eigenvalue weighted by atomic mass is 127. The van der Waals surface area contributed by atoms with E-state index in [-0.39, 0.29) is 11.6 Å². The third kappa shape index (κ3) is 8.87. The Morgan fingerprint density at radius 1 is 0.466 bits per heavy atom. The van der Waals surface area contributed by atoms with Crippen molar-refractivity contribution in [2.75, 3.05) is 31.2 Å². The Morgan fingerprint density at radius 3 is 1.25 bits per heavy atom. The first-order chi connectivity index (χ1) is 35.8. The largest absolute Gasteiger partial charge is 0.378 e. The number of morpholine rings is 1. The fraction of sp³-hybridized carbons (Fsp3) is 0.0984. The molecule has 0 bridgehead atoms. The van der Waals surface area contributed by atoms with Crippen LogP contribution < -0.4 is 4.90 Å². The standard InChI is InChI=1S/C35H28BrFN4O.C26H17BrFIN2/c36-30-23-29-32(24-31(30)37)41(39-34(29)25-16-17-38-33(22-25)40-18-20-42-21-19-40)35(26-10-4-1-5-11-26,27-12-6-2-7-13-27)28-14-8-3-9-15-28;27-22-16-21-24(17-23(22)28)31(30-25(21)29)26(18-10-4-1-5-11-18,19-12-6-2-7-13-19)20-14-8-3-9-15-20/h1-17,22-24H,18-21H2;1-17H. The van der Waals surface area contributed by atoms with Crippen molar-refractivity contribution in [3.63, 3.8) is 0 Å². The highest BCUT2D eigenvalue weighted by Crippen LogP contribution is 2.46. The van der Waals surface area contributed by atoms with Crippen molar-refractivity contribution in [3.8, 4) is 11.3 Å². The number of anilines is 1. The van der Waals surface area contributed by atoms with Gasteiger partial charge >= 0.3 is 0 Å². The number of benzene rings is 8. The Balaban J connectivity index is 0.000000165. The minimum absolute atomic E-state index is 0.312. The van der Waals surface area contributed by atoms with Crippen LogP contribution in [0, 0.1) is 15.3 Å². The van der Waals surface area contributed by atoms with Crippen molar-refractivity contribution in [2.24, 2.45) is 0 Å². The smallest absolute Gasteiger partial charge is 0.139 e. The van der Waals surface area contributed by atoms with E-state index >= 15 is 4.39 Å². The van der Waals surface area contributed by atoms with Crippen molar-refractivity contribution in [2.45, 2.75) is 11.1 Å². The quantitative estimate of drug-likeness (QED) is 0.101. The second kappa shape index (κ2) is 20.9. The number of rotatable bonds is 10. The number of aromatic nitrogens is 5. The van der Waals surface area contributed by atoms with E-state index < -0.39 is 11.1 Å². The highest BCUT2D eigenvalue weighted by Gasteiger charge is 2.43. The van der Waals surface area contributed by atoms with Gasteiger partial charge in [0.1, 0.15) is 37.9 Å². The molecule has 11 aromatic rings. The van der Waals surface area contributed by atoms with Gasteiger partial charge in [0, 0.05) is 47.8 Å². The van der Waals surface area contributed by atoms with E-state index in [1.807, 2.05) is 143 Å².